The van der Waals surface area contributed by atoms with Gasteiger partial charge in [-0.1, -0.05) is 119 Å². The minimum atomic E-state index is -1.34. The van der Waals surface area contributed by atoms with Crippen LogP contribution in [0.4, 0.5) is 0 Å². The minimum absolute atomic E-state index is 0. The van der Waals surface area contributed by atoms with Gasteiger partial charge in [0.25, 0.3) is 0 Å². The molecule has 0 unspecified atom stereocenters. The summed E-state index contributed by atoms with van der Waals surface area (Å²) < 4.78 is 8.51. The smallest absolute Gasteiger partial charge is 0.120 e. The Morgan fingerprint density at radius 1 is 0.792 bits per heavy atom. The normalized spacial score (nSPS) is 11.9. The molecule has 0 aliphatic carbocycles. The first-order valence-electron chi connectivity index (χ1n) is 18.3. The van der Waals surface area contributed by atoms with Crippen LogP contribution in [-0.2, 0) is 31.9 Å². The van der Waals surface area contributed by atoms with Gasteiger partial charge in [-0.15, -0.1) is 54.1 Å². The van der Waals surface area contributed by atoms with Gasteiger partial charge in [0.2, 0.25) is 0 Å². The summed E-state index contributed by atoms with van der Waals surface area (Å²) in [4.78, 5) is 9.71. The molecular weight excluding hydrogens is 843 g/mol. The number of para-hydroxylation sites is 3. The van der Waals surface area contributed by atoms with Crippen LogP contribution in [0.3, 0.4) is 0 Å². The van der Waals surface area contributed by atoms with Crippen LogP contribution in [0.25, 0.3) is 61.3 Å². The Kier molecular flexibility index (Phi) is 11.1. The maximum absolute atomic E-state index is 6.30. The van der Waals surface area contributed by atoms with Gasteiger partial charge in [0.05, 0.1) is 30.5 Å². The van der Waals surface area contributed by atoms with Gasteiger partial charge in [-0.3, -0.25) is 4.98 Å². The quantitative estimate of drug-likeness (QED) is 0.123. The third-order valence-corrected chi connectivity index (χ3v) is 11.6. The van der Waals surface area contributed by atoms with E-state index in [2.05, 4.69) is 149 Å². The fourth-order valence-corrected chi connectivity index (χ4v) is 8.49. The third-order valence-electron chi connectivity index (χ3n) is 9.53. The van der Waals surface area contributed by atoms with Crippen LogP contribution in [-0.4, -0.2) is 22.6 Å². The van der Waals surface area contributed by atoms with E-state index in [9.17, 15) is 0 Å². The zero-order valence-corrected chi connectivity index (χ0v) is 35.3. The molecule has 8 aromatic rings. The molecule has 0 aliphatic heterocycles. The molecule has 3 aromatic heterocycles. The van der Waals surface area contributed by atoms with Crippen molar-refractivity contribution in [3.63, 3.8) is 0 Å². The molecule has 271 valence electrons. The Hall–Kier alpha value is -4.61. The third kappa shape index (κ3) is 8.01. The number of hydrogen-bond acceptors (Lipinski definition) is 3. The summed E-state index contributed by atoms with van der Waals surface area (Å²) in [6.07, 6.45) is 3.24. The summed E-state index contributed by atoms with van der Waals surface area (Å²) >= 11 is 0. The molecule has 5 aromatic carbocycles. The average Bonchev–Trinajstić information content (AvgIpc) is 3.70. The molecule has 0 aliphatic rings. The summed E-state index contributed by atoms with van der Waals surface area (Å²) in [5, 5.41) is 3.68. The molecule has 8 rings (SSSR count). The Morgan fingerprint density at radius 3 is 2.21 bits per heavy atom. The minimum Gasteiger partial charge on any atom is -0.501 e. The summed E-state index contributed by atoms with van der Waals surface area (Å²) in [7, 11) is -1.34. The van der Waals surface area contributed by atoms with E-state index in [1.54, 1.807) is 0 Å². The summed E-state index contributed by atoms with van der Waals surface area (Å²) in [5.74, 6) is 1.50. The van der Waals surface area contributed by atoms with Crippen LogP contribution < -0.4 is 5.19 Å². The van der Waals surface area contributed by atoms with Gasteiger partial charge >= 0.3 is 0 Å². The molecule has 0 bridgehead atoms. The molecule has 0 N–H and O–H groups in total. The maximum atomic E-state index is 6.30. The Bertz CT molecular complexity index is 2480. The van der Waals surface area contributed by atoms with Gasteiger partial charge in [0, 0.05) is 37.4 Å². The molecule has 0 spiro atoms. The summed E-state index contributed by atoms with van der Waals surface area (Å²) in [6.45, 7) is 18.4. The van der Waals surface area contributed by atoms with Crippen molar-refractivity contribution in [2.24, 2.45) is 5.92 Å². The summed E-state index contributed by atoms with van der Waals surface area (Å²) in [5.41, 5.74) is 10.7. The van der Waals surface area contributed by atoms with Gasteiger partial charge in [-0.25, -0.2) is 0 Å². The van der Waals surface area contributed by atoms with Crippen molar-refractivity contribution in [2.75, 3.05) is 0 Å². The SMILES string of the molecule is CC(C)(C)c1ccc(-n2c(-c3[c-]ccc4c3oc3ccccc34)nc3ccccc32)cc1.CC(C)Cc1cc(-c2[c-]cccc2)ncc1[Si](C)(C)C.[Ir]. The van der Waals surface area contributed by atoms with Crippen LogP contribution >= 0.6 is 0 Å². The second-order valence-corrected chi connectivity index (χ2v) is 21.1. The largest absolute Gasteiger partial charge is 0.501 e. The molecule has 0 fully saturated rings. The molecule has 0 atom stereocenters. The number of pyridine rings is 1. The molecule has 1 radical (unpaired) electrons. The van der Waals surface area contributed by atoms with Crippen LogP contribution in [0.1, 0.15) is 45.7 Å². The topological polar surface area (TPSA) is 43.9 Å². The van der Waals surface area contributed by atoms with Gasteiger partial charge in [-0.2, -0.15) is 0 Å². The Balaban J connectivity index is 0.000000199. The number of nitrogens with zero attached hydrogens (tertiary/aromatic N) is 3. The van der Waals surface area contributed by atoms with E-state index in [-0.39, 0.29) is 25.5 Å². The second kappa shape index (κ2) is 15.4. The number of fused-ring (bicyclic) bond motifs is 4. The number of benzene rings is 5. The zero-order chi connectivity index (χ0) is 36.6. The molecule has 0 saturated carbocycles. The molecule has 0 saturated heterocycles. The molecular formula is C47H47IrN3OSi-2. The average molecular weight is 890 g/mol. The van der Waals surface area contributed by atoms with Crippen LogP contribution in [0.15, 0.2) is 126 Å². The van der Waals surface area contributed by atoms with E-state index in [1.807, 2.05) is 48.5 Å². The van der Waals surface area contributed by atoms with E-state index in [1.165, 1.54) is 16.3 Å². The van der Waals surface area contributed by atoms with Crippen molar-refractivity contribution in [1.29, 1.82) is 0 Å². The zero-order valence-electron chi connectivity index (χ0n) is 31.9. The number of rotatable bonds is 6. The van der Waals surface area contributed by atoms with E-state index >= 15 is 0 Å². The van der Waals surface area contributed by atoms with Gasteiger partial charge < -0.3 is 14.0 Å². The van der Waals surface area contributed by atoms with Crippen molar-refractivity contribution in [1.82, 2.24) is 14.5 Å². The van der Waals surface area contributed by atoms with Crippen molar-refractivity contribution in [2.45, 2.75) is 66.1 Å². The van der Waals surface area contributed by atoms with Crippen LogP contribution in [0.5, 0.6) is 0 Å². The fraction of sp³-hybridized carbons (Fsp3) is 0.234. The van der Waals surface area contributed by atoms with Gasteiger partial charge in [0.15, 0.2) is 0 Å². The first-order chi connectivity index (χ1) is 24.9. The van der Waals surface area contributed by atoms with Crippen molar-refractivity contribution in [3.8, 4) is 28.3 Å². The van der Waals surface area contributed by atoms with Crippen LogP contribution in [0.2, 0.25) is 19.6 Å². The number of imidazole rings is 1. The van der Waals surface area contributed by atoms with Gasteiger partial charge in [0.1, 0.15) is 5.58 Å². The van der Waals surface area contributed by atoms with Crippen molar-refractivity contribution >= 4 is 46.2 Å². The molecule has 0 amide bonds. The molecule has 3 heterocycles. The molecule has 53 heavy (non-hydrogen) atoms. The number of hydrogen-bond donors (Lipinski definition) is 0. The van der Waals surface area contributed by atoms with Gasteiger partial charge in [-0.05, 0) is 64.5 Å². The monoisotopic (exact) mass is 890 g/mol. The van der Waals surface area contributed by atoms with E-state index in [0.29, 0.717) is 5.92 Å². The predicted octanol–water partition coefficient (Wildman–Crippen LogP) is 12.0. The molecule has 6 heteroatoms. The Morgan fingerprint density at radius 2 is 1.51 bits per heavy atom. The standard InChI is InChI=1S/C29H23N2O.C18H24NSi.Ir/c1-29(2,3)19-15-17-20(18-16-19)31-25-13-6-5-12-24(25)30-28(31)23-11-8-10-22-21-9-4-7-14-26(21)32-27(22)23;1-14(2)11-16-12-17(15-9-7-6-8-10-15)19-13-18(16)20(3,4)5;/h4-10,12-18H,1-3H3;6-9,12-14H,11H2,1-5H3;/q2*-1;. The van der Waals surface area contributed by atoms with Crippen molar-refractivity contribution in [3.05, 3.63) is 145 Å². The predicted molar refractivity (Wildman–Crippen MR) is 221 cm³/mol. The van der Waals surface area contributed by atoms with E-state index < -0.39 is 8.07 Å². The van der Waals surface area contributed by atoms with E-state index in [4.69, 9.17) is 9.40 Å². The fourth-order valence-electron chi connectivity index (χ4n) is 6.90. The van der Waals surface area contributed by atoms with Crippen molar-refractivity contribution < 1.29 is 24.5 Å². The number of aromatic nitrogens is 3. The summed E-state index contributed by atoms with van der Waals surface area (Å²) in [6, 6.07) is 46.2. The maximum Gasteiger partial charge on any atom is 0.120 e. The van der Waals surface area contributed by atoms with Crippen LogP contribution in [0, 0.1) is 18.1 Å². The first kappa shape index (κ1) is 38.1. The number of furan rings is 1. The second-order valence-electron chi connectivity index (χ2n) is 16.1. The Labute approximate surface area is 328 Å². The molecule has 4 nitrogen and oxygen atoms in total. The van der Waals surface area contributed by atoms with E-state index in [0.717, 1.165) is 67.7 Å². The first-order valence-corrected chi connectivity index (χ1v) is 21.8.